The van der Waals surface area contributed by atoms with Gasteiger partial charge in [-0.15, -0.1) is 0 Å². The zero-order valence-corrected chi connectivity index (χ0v) is 14.3. The second-order valence-electron chi connectivity index (χ2n) is 5.89. The summed E-state index contributed by atoms with van der Waals surface area (Å²) in [6.07, 6.45) is 3.33. The lowest BCUT2D eigenvalue weighted by Crippen LogP contribution is -2.37. The van der Waals surface area contributed by atoms with Gasteiger partial charge in [0.2, 0.25) is 5.91 Å². The summed E-state index contributed by atoms with van der Waals surface area (Å²) in [4.78, 5) is 24.0. The highest BCUT2D eigenvalue weighted by Gasteiger charge is 2.15. The van der Waals surface area contributed by atoms with Crippen molar-refractivity contribution in [2.75, 3.05) is 26.2 Å². The van der Waals surface area contributed by atoms with Gasteiger partial charge in [0.15, 0.2) is 0 Å². The minimum atomic E-state index is -0.172. The Morgan fingerprint density at radius 3 is 2.88 bits per heavy atom. The highest BCUT2D eigenvalue weighted by molar-refractivity contribution is 5.96. The van der Waals surface area contributed by atoms with E-state index < -0.39 is 0 Å². The van der Waals surface area contributed by atoms with Gasteiger partial charge in [0.05, 0.1) is 12.2 Å². The second kappa shape index (κ2) is 9.93. The molecule has 0 saturated carbocycles. The molecular formula is C18H27N3O3. The molecule has 3 N–H and O–H groups in total. The Bertz CT molecular complexity index is 542. The molecular weight excluding hydrogens is 306 g/mol. The Morgan fingerprint density at radius 2 is 2.12 bits per heavy atom. The van der Waals surface area contributed by atoms with Gasteiger partial charge in [-0.3, -0.25) is 9.59 Å². The Morgan fingerprint density at radius 1 is 1.29 bits per heavy atom. The van der Waals surface area contributed by atoms with Crippen LogP contribution in [0.15, 0.2) is 24.3 Å². The molecule has 0 aromatic heterocycles. The fraction of sp³-hybridized carbons (Fsp3) is 0.556. The molecule has 1 atom stereocenters. The molecule has 1 aromatic carbocycles. The molecule has 0 radical (unpaired) electrons. The third-order valence-corrected chi connectivity index (χ3v) is 4.01. The molecule has 1 aliphatic rings. The molecule has 0 bridgehead atoms. The molecule has 132 valence electrons. The molecule has 1 heterocycles. The van der Waals surface area contributed by atoms with E-state index >= 15 is 0 Å². The van der Waals surface area contributed by atoms with Gasteiger partial charge >= 0.3 is 0 Å². The van der Waals surface area contributed by atoms with Crippen molar-refractivity contribution in [2.45, 2.75) is 38.6 Å². The van der Waals surface area contributed by atoms with Crippen molar-refractivity contribution in [2.24, 2.45) is 0 Å². The highest BCUT2D eigenvalue weighted by atomic mass is 16.5. The monoisotopic (exact) mass is 333 g/mol. The van der Waals surface area contributed by atoms with Crippen molar-refractivity contribution in [3.8, 4) is 5.75 Å². The first kappa shape index (κ1) is 18.3. The zero-order chi connectivity index (χ0) is 17.2. The second-order valence-corrected chi connectivity index (χ2v) is 5.89. The summed E-state index contributed by atoms with van der Waals surface area (Å²) in [5.74, 6) is 0.446. The maximum atomic E-state index is 12.2. The quantitative estimate of drug-likeness (QED) is 0.598. The number of benzene rings is 1. The first-order chi connectivity index (χ1) is 11.7. The molecule has 1 aromatic rings. The minimum absolute atomic E-state index is 0.0349. The first-order valence-electron chi connectivity index (χ1n) is 8.70. The summed E-state index contributed by atoms with van der Waals surface area (Å²) in [6, 6.07) is 7.57. The molecule has 1 unspecified atom stereocenters. The Kier molecular flexibility index (Phi) is 7.55. The lowest BCUT2D eigenvalue weighted by atomic mass is 10.2. The summed E-state index contributed by atoms with van der Waals surface area (Å²) in [7, 11) is 0. The molecule has 6 nitrogen and oxygen atoms in total. The SMILES string of the molecule is CCOc1ccccc1C(=O)NCCCC(=O)NCC1CCCN1. The van der Waals surface area contributed by atoms with Crippen molar-refractivity contribution in [1.82, 2.24) is 16.0 Å². The van der Waals surface area contributed by atoms with Crippen LogP contribution < -0.4 is 20.7 Å². The fourth-order valence-corrected chi connectivity index (χ4v) is 2.74. The predicted octanol–water partition coefficient (Wildman–Crippen LogP) is 1.46. The van der Waals surface area contributed by atoms with Crippen LogP contribution in [0.1, 0.15) is 43.0 Å². The lowest BCUT2D eigenvalue weighted by molar-refractivity contribution is -0.121. The number of carbonyl (C=O) groups is 2. The van der Waals surface area contributed by atoms with Crippen LogP contribution in [0.5, 0.6) is 5.75 Å². The standard InChI is InChI=1S/C18H27N3O3/c1-2-24-16-9-4-3-8-15(16)18(23)20-12-6-10-17(22)21-13-14-7-5-11-19-14/h3-4,8-9,14,19H,2,5-7,10-13H2,1H3,(H,20,23)(H,21,22). The van der Waals surface area contributed by atoms with Crippen LogP contribution in [0, 0.1) is 0 Å². The van der Waals surface area contributed by atoms with E-state index in [1.54, 1.807) is 12.1 Å². The van der Waals surface area contributed by atoms with E-state index in [9.17, 15) is 9.59 Å². The van der Waals surface area contributed by atoms with Gasteiger partial charge in [-0.25, -0.2) is 0 Å². The molecule has 0 aliphatic carbocycles. The average Bonchev–Trinajstić information content (AvgIpc) is 3.11. The normalized spacial score (nSPS) is 16.6. The molecule has 6 heteroatoms. The molecule has 1 saturated heterocycles. The van der Waals surface area contributed by atoms with Crippen molar-refractivity contribution >= 4 is 11.8 Å². The van der Waals surface area contributed by atoms with Gasteiger partial charge in [0.25, 0.3) is 5.91 Å². The van der Waals surface area contributed by atoms with Gasteiger partial charge in [-0.2, -0.15) is 0 Å². The molecule has 1 fully saturated rings. The van der Waals surface area contributed by atoms with Gasteiger partial charge in [0, 0.05) is 25.6 Å². The largest absolute Gasteiger partial charge is 0.493 e. The van der Waals surface area contributed by atoms with E-state index in [1.165, 1.54) is 6.42 Å². The van der Waals surface area contributed by atoms with Crippen molar-refractivity contribution in [3.63, 3.8) is 0 Å². The van der Waals surface area contributed by atoms with Gasteiger partial charge in [-0.1, -0.05) is 12.1 Å². The molecule has 24 heavy (non-hydrogen) atoms. The van der Waals surface area contributed by atoms with Crippen molar-refractivity contribution in [3.05, 3.63) is 29.8 Å². The molecule has 2 rings (SSSR count). The van der Waals surface area contributed by atoms with E-state index in [1.807, 2.05) is 19.1 Å². The third kappa shape index (κ3) is 5.85. The number of para-hydroxylation sites is 1. The van der Waals surface area contributed by atoms with E-state index in [2.05, 4.69) is 16.0 Å². The summed E-state index contributed by atoms with van der Waals surface area (Å²) in [6.45, 7) is 4.59. The maximum Gasteiger partial charge on any atom is 0.255 e. The lowest BCUT2D eigenvalue weighted by Gasteiger charge is -2.12. The van der Waals surface area contributed by atoms with Gasteiger partial charge in [0.1, 0.15) is 5.75 Å². The highest BCUT2D eigenvalue weighted by Crippen LogP contribution is 2.17. The summed E-state index contributed by atoms with van der Waals surface area (Å²) < 4.78 is 5.45. The zero-order valence-electron chi connectivity index (χ0n) is 14.3. The van der Waals surface area contributed by atoms with Gasteiger partial charge in [-0.05, 0) is 44.9 Å². The van der Waals surface area contributed by atoms with Crippen LogP contribution in [0.25, 0.3) is 0 Å². The van der Waals surface area contributed by atoms with E-state index in [0.29, 0.717) is 49.9 Å². The number of rotatable bonds is 9. The number of amides is 2. The van der Waals surface area contributed by atoms with Crippen LogP contribution in [0.3, 0.4) is 0 Å². The average molecular weight is 333 g/mol. The summed E-state index contributed by atoms with van der Waals surface area (Å²) in [5, 5.41) is 9.12. The van der Waals surface area contributed by atoms with Crippen molar-refractivity contribution in [1.29, 1.82) is 0 Å². The Labute approximate surface area is 143 Å². The number of nitrogens with one attached hydrogen (secondary N) is 3. The van der Waals surface area contributed by atoms with Crippen LogP contribution in [-0.4, -0.2) is 44.1 Å². The van der Waals surface area contributed by atoms with Crippen LogP contribution in [0.2, 0.25) is 0 Å². The number of carbonyl (C=O) groups excluding carboxylic acids is 2. The summed E-state index contributed by atoms with van der Waals surface area (Å²) >= 11 is 0. The maximum absolute atomic E-state index is 12.2. The molecule has 1 aliphatic heterocycles. The first-order valence-corrected chi connectivity index (χ1v) is 8.70. The van der Waals surface area contributed by atoms with E-state index in [4.69, 9.17) is 4.74 Å². The van der Waals surface area contributed by atoms with Gasteiger partial charge < -0.3 is 20.7 Å². The number of ether oxygens (including phenoxy) is 1. The summed E-state index contributed by atoms with van der Waals surface area (Å²) in [5.41, 5.74) is 0.524. The third-order valence-electron chi connectivity index (χ3n) is 4.01. The van der Waals surface area contributed by atoms with Crippen LogP contribution in [0.4, 0.5) is 0 Å². The Balaban J connectivity index is 1.64. The smallest absolute Gasteiger partial charge is 0.255 e. The van der Waals surface area contributed by atoms with Crippen LogP contribution in [-0.2, 0) is 4.79 Å². The predicted molar refractivity (Wildman–Crippen MR) is 93.2 cm³/mol. The molecule has 2 amide bonds. The topological polar surface area (TPSA) is 79.5 Å². The fourth-order valence-electron chi connectivity index (χ4n) is 2.74. The molecule has 0 spiro atoms. The van der Waals surface area contributed by atoms with Crippen molar-refractivity contribution < 1.29 is 14.3 Å². The van der Waals surface area contributed by atoms with E-state index in [-0.39, 0.29) is 11.8 Å². The Hall–Kier alpha value is -2.08. The van der Waals surface area contributed by atoms with E-state index in [0.717, 1.165) is 13.0 Å². The number of hydrogen-bond donors (Lipinski definition) is 3. The number of hydrogen-bond acceptors (Lipinski definition) is 4. The van der Waals surface area contributed by atoms with Crippen LogP contribution >= 0.6 is 0 Å². The minimum Gasteiger partial charge on any atom is -0.493 e.